The van der Waals surface area contributed by atoms with Gasteiger partial charge in [-0.1, -0.05) is 30.7 Å². The predicted octanol–water partition coefficient (Wildman–Crippen LogP) is 4.57. The Morgan fingerprint density at radius 3 is 2.28 bits per heavy atom. The molecule has 0 unspecified atom stereocenters. The molecule has 0 aromatic heterocycles. The van der Waals surface area contributed by atoms with Crippen LogP contribution in [0.4, 0.5) is 5.69 Å². The van der Waals surface area contributed by atoms with Crippen LogP contribution in [0.3, 0.4) is 0 Å². The summed E-state index contributed by atoms with van der Waals surface area (Å²) in [6, 6.07) is 14.4. The van der Waals surface area contributed by atoms with E-state index in [1.165, 1.54) is 0 Å². The van der Waals surface area contributed by atoms with Crippen molar-refractivity contribution in [3.63, 3.8) is 0 Å². The Kier molecular flexibility index (Phi) is 5.39. The first-order chi connectivity index (χ1) is 12.1. The van der Waals surface area contributed by atoms with E-state index in [0.29, 0.717) is 10.6 Å². The largest absolute Gasteiger partial charge is 0.345 e. The maximum Gasteiger partial charge on any atom is 0.251 e. The fourth-order valence-electron chi connectivity index (χ4n) is 2.65. The molecule has 0 aliphatic heterocycles. The van der Waals surface area contributed by atoms with Gasteiger partial charge in [0.1, 0.15) is 0 Å². The quantitative estimate of drug-likeness (QED) is 0.796. The summed E-state index contributed by atoms with van der Waals surface area (Å²) < 4.78 is 0. The Bertz CT molecular complexity index is 752. The molecule has 0 bridgehead atoms. The Morgan fingerprint density at radius 2 is 1.72 bits per heavy atom. The normalized spacial score (nSPS) is 14.6. The number of hydrogen-bond acceptors (Lipinski definition) is 2. The molecule has 1 aliphatic rings. The standard InChI is InChI=1S/C20H21ClN2O2/c1-2-18(13-5-9-16(21)10-6-13)23-20(25)15-7-11-17(12-8-15)22-19(24)14-3-4-14/h5-12,14,18H,2-4H2,1H3,(H,22,24)(H,23,25)/t18-/m0/s1. The minimum atomic E-state index is -0.137. The number of halogens is 1. The average molecular weight is 357 g/mol. The van der Waals surface area contributed by atoms with E-state index in [4.69, 9.17) is 11.6 Å². The van der Waals surface area contributed by atoms with Gasteiger partial charge in [0.25, 0.3) is 5.91 Å². The molecule has 0 saturated heterocycles. The van der Waals surface area contributed by atoms with Gasteiger partial charge < -0.3 is 10.6 Å². The van der Waals surface area contributed by atoms with E-state index in [-0.39, 0.29) is 23.8 Å². The summed E-state index contributed by atoms with van der Waals surface area (Å²) in [5.41, 5.74) is 2.31. The lowest BCUT2D eigenvalue weighted by Gasteiger charge is -2.18. The van der Waals surface area contributed by atoms with Gasteiger partial charge in [-0.2, -0.15) is 0 Å². The van der Waals surface area contributed by atoms with Crippen LogP contribution in [-0.2, 0) is 4.79 Å². The molecule has 5 heteroatoms. The third-order valence-electron chi connectivity index (χ3n) is 4.35. The van der Waals surface area contributed by atoms with Gasteiger partial charge in [0.05, 0.1) is 6.04 Å². The number of anilines is 1. The number of rotatable bonds is 6. The fourth-order valence-corrected chi connectivity index (χ4v) is 2.78. The van der Waals surface area contributed by atoms with E-state index in [1.54, 1.807) is 24.3 Å². The Balaban J connectivity index is 1.63. The molecular weight excluding hydrogens is 336 g/mol. The highest BCUT2D eigenvalue weighted by Gasteiger charge is 2.29. The molecular formula is C20H21ClN2O2. The Hall–Kier alpha value is -2.33. The lowest BCUT2D eigenvalue weighted by Crippen LogP contribution is -2.28. The van der Waals surface area contributed by atoms with E-state index in [1.807, 2.05) is 31.2 Å². The molecule has 130 valence electrons. The maximum atomic E-state index is 12.5. The summed E-state index contributed by atoms with van der Waals surface area (Å²) in [7, 11) is 0. The number of benzene rings is 2. The molecule has 2 aromatic rings. The first-order valence-corrected chi connectivity index (χ1v) is 8.92. The van der Waals surface area contributed by atoms with Crippen LogP contribution in [0, 0.1) is 5.92 Å². The Morgan fingerprint density at radius 1 is 1.08 bits per heavy atom. The molecule has 2 N–H and O–H groups in total. The van der Waals surface area contributed by atoms with Gasteiger partial charge in [0, 0.05) is 22.2 Å². The molecule has 25 heavy (non-hydrogen) atoms. The first kappa shape index (κ1) is 17.5. The number of hydrogen-bond donors (Lipinski definition) is 2. The van der Waals surface area contributed by atoms with E-state index in [9.17, 15) is 9.59 Å². The summed E-state index contributed by atoms with van der Waals surface area (Å²) in [4.78, 5) is 24.2. The molecule has 0 heterocycles. The van der Waals surface area contributed by atoms with E-state index < -0.39 is 0 Å². The van der Waals surface area contributed by atoms with Crippen LogP contribution in [0.1, 0.15) is 48.1 Å². The number of carbonyl (C=O) groups excluding carboxylic acids is 2. The van der Waals surface area contributed by atoms with Crippen molar-refractivity contribution in [2.75, 3.05) is 5.32 Å². The van der Waals surface area contributed by atoms with Crippen molar-refractivity contribution in [3.8, 4) is 0 Å². The topological polar surface area (TPSA) is 58.2 Å². The van der Waals surface area contributed by atoms with Crippen molar-refractivity contribution in [1.82, 2.24) is 5.32 Å². The molecule has 2 aromatic carbocycles. The number of amides is 2. The average Bonchev–Trinajstić information content (AvgIpc) is 3.46. The summed E-state index contributed by atoms with van der Waals surface area (Å²) in [5.74, 6) is 0.0838. The molecule has 1 fully saturated rings. The highest BCUT2D eigenvalue weighted by atomic mass is 35.5. The van der Waals surface area contributed by atoms with Crippen LogP contribution < -0.4 is 10.6 Å². The van der Waals surface area contributed by atoms with Crippen LogP contribution in [0.25, 0.3) is 0 Å². The SMILES string of the molecule is CC[C@H](NC(=O)c1ccc(NC(=O)C2CC2)cc1)c1ccc(Cl)cc1. The van der Waals surface area contributed by atoms with Gasteiger partial charge in [-0.25, -0.2) is 0 Å². The highest BCUT2D eigenvalue weighted by Crippen LogP contribution is 2.30. The molecule has 0 spiro atoms. The smallest absolute Gasteiger partial charge is 0.251 e. The zero-order valence-electron chi connectivity index (χ0n) is 14.1. The van der Waals surface area contributed by atoms with E-state index >= 15 is 0 Å². The van der Waals surface area contributed by atoms with Crippen molar-refractivity contribution >= 4 is 29.1 Å². The molecule has 0 radical (unpaired) electrons. The second kappa shape index (κ2) is 7.70. The van der Waals surface area contributed by atoms with E-state index in [0.717, 1.165) is 30.5 Å². The van der Waals surface area contributed by atoms with Crippen LogP contribution >= 0.6 is 11.6 Å². The molecule has 1 aliphatic carbocycles. The molecule has 2 amide bonds. The maximum absolute atomic E-state index is 12.5. The summed E-state index contributed by atoms with van der Waals surface area (Å²) in [6.07, 6.45) is 2.72. The van der Waals surface area contributed by atoms with Crippen molar-refractivity contribution in [2.45, 2.75) is 32.2 Å². The summed E-state index contributed by atoms with van der Waals surface area (Å²) in [5, 5.41) is 6.58. The lowest BCUT2D eigenvalue weighted by molar-refractivity contribution is -0.117. The minimum absolute atomic E-state index is 0.0611. The van der Waals surface area contributed by atoms with Gasteiger partial charge in [-0.15, -0.1) is 0 Å². The monoisotopic (exact) mass is 356 g/mol. The Labute approximate surface area is 152 Å². The van der Waals surface area contributed by atoms with Crippen LogP contribution in [0.15, 0.2) is 48.5 Å². The van der Waals surface area contributed by atoms with Gasteiger partial charge in [-0.3, -0.25) is 9.59 Å². The van der Waals surface area contributed by atoms with Crippen LogP contribution in [-0.4, -0.2) is 11.8 Å². The first-order valence-electron chi connectivity index (χ1n) is 8.54. The molecule has 1 saturated carbocycles. The molecule has 3 rings (SSSR count). The zero-order valence-corrected chi connectivity index (χ0v) is 14.8. The minimum Gasteiger partial charge on any atom is -0.345 e. The van der Waals surface area contributed by atoms with Crippen LogP contribution in [0.5, 0.6) is 0 Å². The van der Waals surface area contributed by atoms with Gasteiger partial charge >= 0.3 is 0 Å². The second-order valence-electron chi connectivity index (χ2n) is 6.33. The van der Waals surface area contributed by atoms with Crippen molar-refractivity contribution in [3.05, 3.63) is 64.7 Å². The molecule has 1 atom stereocenters. The highest BCUT2D eigenvalue weighted by molar-refractivity contribution is 6.30. The third-order valence-corrected chi connectivity index (χ3v) is 4.60. The molecule has 4 nitrogen and oxygen atoms in total. The van der Waals surface area contributed by atoms with Gasteiger partial charge in [0.2, 0.25) is 5.91 Å². The predicted molar refractivity (Wildman–Crippen MR) is 99.7 cm³/mol. The number of carbonyl (C=O) groups is 2. The van der Waals surface area contributed by atoms with Gasteiger partial charge in [-0.05, 0) is 61.2 Å². The summed E-state index contributed by atoms with van der Waals surface area (Å²) >= 11 is 5.92. The van der Waals surface area contributed by atoms with Crippen molar-refractivity contribution in [2.24, 2.45) is 5.92 Å². The van der Waals surface area contributed by atoms with E-state index in [2.05, 4.69) is 10.6 Å². The fraction of sp³-hybridized carbons (Fsp3) is 0.300. The number of nitrogens with one attached hydrogen (secondary N) is 2. The summed E-state index contributed by atoms with van der Waals surface area (Å²) in [6.45, 7) is 2.02. The zero-order chi connectivity index (χ0) is 17.8. The van der Waals surface area contributed by atoms with Crippen molar-refractivity contribution in [1.29, 1.82) is 0 Å². The third kappa shape index (κ3) is 4.60. The second-order valence-corrected chi connectivity index (χ2v) is 6.76. The van der Waals surface area contributed by atoms with Gasteiger partial charge in [0.15, 0.2) is 0 Å². The van der Waals surface area contributed by atoms with Crippen LogP contribution in [0.2, 0.25) is 5.02 Å². The van der Waals surface area contributed by atoms with Crippen molar-refractivity contribution < 1.29 is 9.59 Å². The lowest BCUT2D eigenvalue weighted by atomic mass is 10.0.